The van der Waals surface area contributed by atoms with Crippen molar-refractivity contribution in [2.75, 3.05) is 24.6 Å². The van der Waals surface area contributed by atoms with Crippen LogP contribution in [0.2, 0.25) is 0 Å². The molecule has 24 heavy (non-hydrogen) atoms. The first-order valence-corrected chi connectivity index (χ1v) is 9.02. The lowest BCUT2D eigenvalue weighted by atomic mass is 10.1. The summed E-state index contributed by atoms with van der Waals surface area (Å²) in [6, 6.07) is 5.54. The molecular weight excluding hydrogens is 305 g/mol. The lowest BCUT2D eigenvalue weighted by molar-refractivity contribution is -0.0394. The Balaban J connectivity index is 1.54. The van der Waals surface area contributed by atoms with Crippen LogP contribution >= 0.6 is 0 Å². The highest BCUT2D eigenvalue weighted by molar-refractivity contribution is 5.65. The van der Waals surface area contributed by atoms with Crippen LogP contribution in [0.4, 0.5) is 10.1 Å². The quantitative estimate of drug-likeness (QED) is 0.837. The third kappa shape index (κ3) is 3.18. The number of rotatable bonds is 3. The molecule has 2 saturated heterocycles. The van der Waals surface area contributed by atoms with Crippen molar-refractivity contribution in [3.8, 4) is 11.1 Å². The summed E-state index contributed by atoms with van der Waals surface area (Å²) in [5.74, 6) is -0.143. The zero-order chi connectivity index (χ0) is 16.4. The van der Waals surface area contributed by atoms with Crippen LogP contribution in [0.3, 0.4) is 0 Å². The Morgan fingerprint density at radius 2 is 1.92 bits per heavy atom. The van der Waals surface area contributed by atoms with Gasteiger partial charge in [-0.15, -0.1) is 0 Å². The number of ether oxygens (including phenoxy) is 1. The molecule has 0 aliphatic carbocycles. The Labute approximate surface area is 142 Å². The molecule has 4 rings (SSSR count). The molecule has 0 radical (unpaired) electrons. The number of anilines is 1. The van der Waals surface area contributed by atoms with Gasteiger partial charge in [-0.1, -0.05) is 6.07 Å². The van der Waals surface area contributed by atoms with Gasteiger partial charge >= 0.3 is 0 Å². The lowest BCUT2D eigenvalue weighted by Gasteiger charge is -2.29. The van der Waals surface area contributed by atoms with Crippen molar-refractivity contribution >= 4 is 5.69 Å². The van der Waals surface area contributed by atoms with Gasteiger partial charge in [0, 0.05) is 31.5 Å². The molecule has 1 atom stereocenters. The predicted octanol–water partition coefficient (Wildman–Crippen LogP) is 4.38. The van der Waals surface area contributed by atoms with Crippen LogP contribution in [-0.4, -0.2) is 29.5 Å². The molecule has 0 saturated carbocycles. The molecule has 128 valence electrons. The maximum Gasteiger partial charge on any atom is 0.150 e. The topological polar surface area (TPSA) is 30.3 Å². The average molecular weight is 329 g/mol. The van der Waals surface area contributed by atoms with Crippen molar-refractivity contribution in [2.24, 2.45) is 0 Å². The van der Waals surface area contributed by atoms with E-state index in [4.69, 9.17) is 4.74 Å². The smallest absolute Gasteiger partial charge is 0.150 e. The largest absolute Gasteiger partial charge is 0.369 e. The fraction of sp³-hybridized carbons (Fsp3) is 0.526. The normalized spacial score (nSPS) is 21.9. The Morgan fingerprint density at radius 1 is 1.04 bits per heavy atom. The number of halogens is 1. The standard InChI is InChI=1S/C19H24FN3O/c20-17-12-15(7-8-18(17)22-9-3-1-4-10-22)16-13-21-23(14-16)19-6-2-5-11-24-19/h7-8,12-14,19H,1-6,9-11H2. The molecule has 2 aromatic rings. The van der Waals surface area contributed by atoms with E-state index in [1.807, 2.05) is 23.0 Å². The van der Waals surface area contributed by atoms with E-state index in [1.54, 1.807) is 12.3 Å². The molecule has 5 heteroatoms. The maximum absolute atomic E-state index is 14.6. The van der Waals surface area contributed by atoms with Gasteiger partial charge in [0.15, 0.2) is 0 Å². The van der Waals surface area contributed by atoms with E-state index < -0.39 is 0 Å². The highest BCUT2D eigenvalue weighted by Crippen LogP contribution is 2.29. The summed E-state index contributed by atoms with van der Waals surface area (Å²) in [7, 11) is 0. The summed E-state index contributed by atoms with van der Waals surface area (Å²) in [5, 5.41) is 4.42. The first-order valence-electron chi connectivity index (χ1n) is 9.02. The van der Waals surface area contributed by atoms with Gasteiger partial charge in [-0.05, 0) is 56.2 Å². The molecule has 1 aromatic carbocycles. The van der Waals surface area contributed by atoms with Crippen LogP contribution in [0.25, 0.3) is 11.1 Å². The van der Waals surface area contributed by atoms with Crippen LogP contribution in [0.15, 0.2) is 30.6 Å². The first-order chi connectivity index (χ1) is 11.8. The Kier molecular flexibility index (Phi) is 4.52. The van der Waals surface area contributed by atoms with Gasteiger partial charge in [-0.25, -0.2) is 9.07 Å². The molecule has 0 bridgehead atoms. The van der Waals surface area contributed by atoms with E-state index >= 15 is 0 Å². The van der Waals surface area contributed by atoms with Gasteiger partial charge < -0.3 is 9.64 Å². The summed E-state index contributed by atoms with van der Waals surface area (Å²) in [5.41, 5.74) is 2.53. The minimum absolute atomic E-state index is 0.0185. The third-order valence-electron chi connectivity index (χ3n) is 5.03. The van der Waals surface area contributed by atoms with Crippen molar-refractivity contribution in [1.82, 2.24) is 9.78 Å². The molecule has 1 unspecified atom stereocenters. The SMILES string of the molecule is Fc1cc(-c2cnn(C3CCCCO3)c2)ccc1N1CCCCC1. The Bertz CT molecular complexity index is 688. The molecule has 2 fully saturated rings. The molecule has 4 nitrogen and oxygen atoms in total. The van der Waals surface area contributed by atoms with E-state index in [0.29, 0.717) is 0 Å². The predicted molar refractivity (Wildman–Crippen MR) is 92.5 cm³/mol. The monoisotopic (exact) mass is 329 g/mol. The summed E-state index contributed by atoms with van der Waals surface area (Å²) < 4.78 is 22.2. The summed E-state index contributed by atoms with van der Waals surface area (Å²) in [4.78, 5) is 2.15. The number of benzene rings is 1. The van der Waals surface area contributed by atoms with E-state index in [-0.39, 0.29) is 12.0 Å². The van der Waals surface area contributed by atoms with E-state index in [0.717, 1.165) is 62.2 Å². The van der Waals surface area contributed by atoms with Crippen LogP contribution < -0.4 is 4.90 Å². The number of piperidine rings is 1. The van der Waals surface area contributed by atoms with Crippen molar-refractivity contribution in [2.45, 2.75) is 44.8 Å². The van der Waals surface area contributed by atoms with Crippen molar-refractivity contribution < 1.29 is 9.13 Å². The zero-order valence-corrected chi connectivity index (χ0v) is 14.0. The fourth-order valence-corrected chi connectivity index (χ4v) is 3.65. The van der Waals surface area contributed by atoms with Crippen LogP contribution in [-0.2, 0) is 4.74 Å². The molecular formula is C19H24FN3O. The Morgan fingerprint density at radius 3 is 2.67 bits per heavy atom. The molecule has 0 spiro atoms. The van der Waals surface area contributed by atoms with Gasteiger partial charge in [-0.2, -0.15) is 5.10 Å². The van der Waals surface area contributed by atoms with Gasteiger partial charge in [0.05, 0.1) is 11.9 Å². The van der Waals surface area contributed by atoms with E-state index in [1.165, 1.54) is 12.8 Å². The van der Waals surface area contributed by atoms with E-state index in [9.17, 15) is 4.39 Å². The zero-order valence-electron chi connectivity index (χ0n) is 14.0. The second-order valence-corrected chi connectivity index (χ2v) is 6.74. The van der Waals surface area contributed by atoms with Gasteiger partial charge in [-0.3, -0.25) is 0 Å². The number of nitrogens with zero attached hydrogens (tertiary/aromatic N) is 3. The van der Waals surface area contributed by atoms with Crippen molar-refractivity contribution in [3.63, 3.8) is 0 Å². The van der Waals surface area contributed by atoms with Crippen LogP contribution in [0, 0.1) is 5.82 Å². The fourth-order valence-electron chi connectivity index (χ4n) is 3.65. The van der Waals surface area contributed by atoms with Crippen molar-refractivity contribution in [1.29, 1.82) is 0 Å². The van der Waals surface area contributed by atoms with E-state index in [2.05, 4.69) is 10.00 Å². The molecule has 0 N–H and O–H groups in total. The third-order valence-corrected chi connectivity index (χ3v) is 5.03. The lowest BCUT2D eigenvalue weighted by Crippen LogP contribution is -2.30. The molecule has 3 heterocycles. The summed E-state index contributed by atoms with van der Waals surface area (Å²) in [6.45, 7) is 2.69. The first kappa shape index (κ1) is 15.6. The second-order valence-electron chi connectivity index (χ2n) is 6.74. The van der Waals surface area contributed by atoms with Gasteiger partial charge in [0.2, 0.25) is 0 Å². The van der Waals surface area contributed by atoms with Crippen LogP contribution in [0.5, 0.6) is 0 Å². The molecule has 1 aromatic heterocycles. The second kappa shape index (κ2) is 6.93. The summed E-state index contributed by atoms with van der Waals surface area (Å²) in [6.07, 6.45) is 10.6. The van der Waals surface area contributed by atoms with Gasteiger partial charge in [0.25, 0.3) is 0 Å². The molecule has 2 aliphatic heterocycles. The molecule has 0 amide bonds. The summed E-state index contributed by atoms with van der Waals surface area (Å²) >= 11 is 0. The maximum atomic E-state index is 14.6. The molecule has 2 aliphatic rings. The van der Waals surface area contributed by atoms with Gasteiger partial charge in [0.1, 0.15) is 12.0 Å². The highest BCUT2D eigenvalue weighted by Gasteiger charge is 2.18. The van der Waals surface area contributed by atoms with Crippen LogP contribution in [0.1, 0.15) is 44.8 Å². The number of aromatic nitrogens is 2. The minimum atomic E-state index is -0.143. The Hall–Kier alpha value is -1.88. The highest BCUT2D eigenvalue weighted by atomic mass is 19.1. The average Bonchev–Trinajstić information content (AvgIpc) is 3.13. The number of hydrogen-bond donors (Lipinski definition) is 0. The van der Waals surface area contributed by atoms with Crippen molar-refractivity contribution in [3.05, 3.63) is 36.4 Å². The number of hydrogen-bond acceptors (Lipinski definition) is 3. The minimum Gasteiger partial charge on any atom is -0.369 e.